The van der Waals surface area contributed by atoms with Gasteiger partial charge < -0.3 is 4.90 Å². The molecule has 4 nitrogen and oxygen atoms in total. The van der Waals surface area contributed by atoms with Gasteiger partial charge in [-0.15, -0.1) is 0 Å². The molecular weight excluding hydrogens is 224 g/mol. The third-order valence-electron chi connectivity index (χ3n) is 2.63. The van der Waals surface area contributed by atoms with Crippen molar-refractivity contribution in [1.29, 1.82) is 5.26 Å². The minimum atomic E-state index is 0.638. The SMILES string of the molecule is Cc1cc(C#N)cc(N(C)Cc2ccncc2)n1. The van der Waals surface area contributed by atoms with Gasteiger partial charge in [-0.05, 0) is 36.8 Å². The molecule has 0 spiro atoms. The van der Waals surface area contributed by atoms with E-state index in [9.17, 15) is 0 Å². The highest BCUT2D eigenvalue weighted by Crippen LogP contribution is 2.15. The van der Waals surface area contributed by atoms with Crippen molar-refractivity contribution in [1.82, 2.24) is 9.97 Å². The largest absolute Gasteiger partial charge is 0.355 e. The summed E-state index contributed by atoms with van der Waals surface area (Å²) in [6.07, 6.45) is 3.54. The van der Waals surface area contributed by atoms with E-state index in [4.69, 9.17) is 5.26 Å². The molecular formula is C14H14N4. The highest BCUT2D eigenvalue weighted by Gasteiger charge is 2.06. The van der Waals surface area contributed by atoms with Crippen LogP contribution in [0.3, 0.4) is 0 Å². The molecule has 4 heteroatoms. The van der Waals surface area contributed by atoms with Crippen LogP contribution in [0, 0.1) is 18.3 Å². The van der Waals surface area contributed by atoms with Crippen molar-refractivity contribution in [2.24, 2.45) is 0 Å². The second-order valence-corrected chi connectivity index (χ2v) is 4.18. The van der Waals surface area contributed by atoms with E-state index < -0.39 is 0 Å². The molecule has 0 aromatic carbocycles. The standard InChI is InChI=1S/C14H14N4/c1-11-7-13(9-15)8-14(17-11)18(2)10-12-3-5-16-6-4-12/h3-8H,10H2,1-2H3. The smallest absolute Gasteiger partial charge is 0.130 e. The quantitative estimate of drug-likeness (QED) is 0.823. The molecule has 90 valence electrons. The molecule has 0 saturated carbocycles. The first kappa shape index (κ1) is 12.1. The topological polar surface area (TPSA) is 52.8 Å². The van der Waals surface area contributed by atoms with Crippen LogP contribution in [0.15, 0.2) is 36.7 Å². The Morgan fingerprint density at radius 2 is 2.00 bits per heavy atom. The van der Waals surface area contributed by atoms with Gasteiger partial charge in [-0.1, -0.05) is 0 Å². The molecule has 18 heavy (non-hydrogen) atoms. The van der Waals surface area contributed by atoms with Crippen LogP contribution in [0.25, 0.3) is 0 Å². The van der Waals surface area contributed by atoms with Crippen LogP contribution in [0.5, 0.6) is 0 Å². The fourth-order valence-electron chi connectivity index (χ4n) is 1.75. The molecule has 2 aromatic rings. The molecule has 2 rings (SSSR count). The Balaban J connectivity index is 2.21. The van der Waals surface area contributed by atoms with E-state index in [2.05, 4.69) is 16.0 Å². The maximum absolute atomic E-state index is 8.95. The molecule has 0 unspecified atom stereocenters. The predicted octanol–water partition coefficient (Wildman–Crippen LogP) is 2.29. The van der Waals surface area contributed by atoms with Crippen molar-refractivity contribution in [3.8, 4) is 6.07 Å². The number of hydrogen-bond acceptors (Lipinski definition) is 4. The summed E-state index contributed by atoms with van der Waals surface area (Å²) in [5.41, 5.74) is 2.65. The summed E-state index contributed by atoms with van der Waals surface area (Å²) >= 11 is 0. The fourth-order valence-corrected chi connectivity index (χ4v) is 1.75. The molecule has 2 aromatic heterocycles. The average Bonchev–Trinajstić information content (AvgIpc) is 2.39. The molecule has 0 fully saturated rings. The van der Waals surface area contributed by atoms with Gasteiger partial charge in [-0.25, -0.2) is 4.98 Å². The minimum absolute atomic E-state index is 0.638. The van der Waals surface area contributed by atoms with Crippen molar-refractivity contribution in [2.45, 2.75) is 13.5 Å². The lowest BCUT2D eigenvalue weighted by atomic mass is 10.2. The van der Waals surface area contributed by atoms with Gasteiger partial charge in [-0.3, -0.25) is 4.98 Å². The van der Waals surface area contributed by atoms with Crippen molar-refractivity contribution in [2.75, 3.05) is 11.9 Å². The van der Waals surface area contributed by atoms with Crippen molar-refractivity contribution in [3.63, 3.8) is 0 Å². The molecule has 0 bridgehead atoms. The Kier molecular flexibility index (Phi) is 3.54. The van der Waals surface area contributed by atoms with Crippen LogP contribution in [0.1, 0.15) is 16.8 Å². The fraction of sp³-hybridized carbons (Fsp3) is 0.214. The van der Waals surface area contributed by atoms with Gasteiger partial charge in [0.15, 0.2) is 0 Å². The Morgan fingerprint density at radius 1 is 1.28 bits per heavy atom. The number of nitriles is 1. The van der Waals surface area contributed by atoms with Gasteiger partial charge in [0.1, 0.15) is 5.82 Å². The Labute approximate surface area is 107 Å². The first-order valence-electron chi connectivity index (χ1n) is 5.68. The molecule has 0 aliphatic heterocycles. The predicted molar refractivity (Wildman–Crippen MR) is 70.0 cm³/mol. The van der Waals surface area contributed by atoms with Crippen molar-refractivity contribution >= 4 is 5.82 Å². The van der Waals surface area contributed by atoms with E-state index >= 15 is 0 Å². The van der Waals surface area contributed by atoms with E-state index in [0.29, 0.717) is 5.56 Å². The van der Waals surface area contributed by atoms with Gasteiger partial charge >= 0.3 is 0 Å². The van der Waals surface area contributed by atoms with E-state index in [0.717, 1.165) is 23.6 Å². The molecule has 0 saturated heterocycles. The van der Waals surface area contributed by atoms with E-state index in [1.807, 2.05) is 31.0 Å². The lowest BCUT2D eigenvalue weighted by Crippen LogP contribution is -2.18. The summed E-state index contributed by atoms with van der Waals surface area (Å²) in [4.78, 5) is 10.4. The minimum Gasteiger partial charge on any atom is -0.355 e. The zero-order valence-corrected chi connectivity index (χ0v) is 10.5. The van der Waals surface area contributed by atoms with E-state index in [1.165, 1.54) is 0 Å². The summed E-state index contributed by atoms with van der Waals surface area (Å²) < 4.78 is 0. The molecule has 0 radical (unpaired) electrons. The van der Waals surface area contributed by atoms with Crippen LogP contribution >= 0.6 is 0 Å². The number of rotatable bonds is 3. The Morgan fingerprint density at radius 3 is 2.67 bits per heavy atom. The third-order valence-corrected chi connectivity index (χ3v) is 2.63. The van der Waals surface area contributed by atoms with E-state index in [-0.39, 0.29) is 0 Å². The third kappa shape index (κ3) is 2.83. The lowest BCUT2D eigenvalue weighted by molar-refractivity contribution is 0.889. The number of nitrogens with zero attached hydrogens (tertiary/aromatic N) is 4. The van der Waals surface area contributed by atoms with Crippen LogP contribution in [0.4, 0.5) is 5.82 Å². The van der Waals surface area contributed by atoms with Gasteiger partial charge in [0, 0.05) is 31.7 Å². The highest BCUT2D eigenvalue weighted by molar-refractivity contribution is 5.46. The zero-order chi connectivity index (χ0) is 13.0. The maximum Gasteiger partial charge on any atom is 0.130 e. The van der Waals surface area contributed by atoms with Crippen molar-refractivity contribution in [3.05, 3.63) is 53.5 Å². The van der Waals surface area contributed by atoms with Gasteiger partial charge in [0.25, 0.3) is 0 Å². The maximum atomic E-state index is 8.95. The number of hydrogen-bond donors (Lipinski definition) is 0. The van der Waals surface area contributed by atoms with Crippen LogP contribution < -0.4 is 4.90 Å². The molecule has 0 aliphatic rings. The monoisotopic (exact) mass is 238 g/mol. The molecule has 0 atom stereocenters. The summed E-state index contributed by atoms with van der Waals surface area (Å²) in [5.74, 6) is 0.809. The molecule has 2 heterocycles. The summed E-state index contributed by atoms with van der Waals surface area (Å²) in [6.45, 7) is 2.63. The molecule has 0 N–H and O–H groups in total. The van der Waals surface area contributed by atoms with Gasteiger partial charge in [0.05, 0.1) is 11.6 Å². The van der Waals surface area contributed by atoms with Gasteiger partial charge in [-0.2, -0.15) is 5.26 Å². The zero-order valence-electron chi connectivity index (χ0n) is 10.5. The second kappa shape index (κ2) is 5.28. The number of anilines is 1. The summed E-state index contributed by atoms with van der Waals surface area (Å²) in [6, 6.07) is 9.67. The molecule has 0 aliphatic carbocycles. The van der Waals surface area contributed by atoms with Crippen LogP contribution in [0.2, 0.25) is 0 Å². The van der Waals surface area contributed by atoms with Crippen molar-refractivity contribution < 1.29 is 0 Å². The average molecular weight is 238 g/mol. The van der Waals surface area contributed by atoms with E-state index in [1.54, 1.807) is 24.5 Å². The summed E-state index contributed by atoms with van der Waals surface area (Å²) in [7, 11) is 1.96. The molecule has 0 amide bonds. The van der Waals surface area contributed by atoms with Crippen LogP contribution in [-0.2, 0) is 6.54 Å². The number of aryl methyl sites for hydroxylation is 1. The Hall–Kier alpha value is -2.41. The first-order valence-corrected chi connectivity index (χ1v) is 5.68. The number of aromatic nitrogens is 2. The van der Waals surface area contributed by atoms with Gasteiger partial charge in [0.2, 0.25) is 0 Å². The normalized spacial score (nSPS) is 9.83. The number of pyridine rings is 2. The second-order valence-electron chi connectivity index (χ2n) is 4.18. The van der Waals surface area contributed by atoms with Crippen LogP contribution in [-0.4, -0.2) is 17.0 Å². The summed E-state index contributed by atoms with van der Waals surface area (Å²) in [5, 5.41) is 8.95. The first-order chi connectivity index (χ1) is 8.69. The Bertz CT molecular complexity index is 572. The lowest BCUT2D eigenvalue weighted by Gasteiger charge is -2.18. The highest BCUT2D eigenvalue weighted by atomic mass is 15.2.